The summed E-state index contributed by atoms with van der Waals surface area (Å²) in [6.07, 6.45) is 0.213. The molecule has 0 heterocycles. The lowest BCUT2D eigenvalue weighted by molar-refractivity contribution is 0.0490. The molecule has 0 radical (unpaired) electrons. The summed E-state index contributed by atoms with van der Waals surface area (Å²) in [7, 11) is 1.58. The van der Waals surface area contributed by atoms with Gasteiger partial charge in [0.1, 0.15) is 5.60 Å². The molecule has 1 unspecified atom stereocenters. The van der Waals surface area contributed by atoms with E-state index in [4.69, 9.17) is 9.47 Å². The summed E-state index contributed by atoms with van der Waals surface area (Å²) in [5, 5.41) is 2.75. The van der Waals surface area contributed by atoms with Crippen molar-refractivity contribution in [1.82, 2.24) is 5.32 Å². The van der Waals surface area contributed by atoms with E-state index in [2.05, 4.69) is 21.2 Å². The molecule has 1 aromatic rings. The van der Waals surface area contributed by atoms with E-state index in [0.29, 0.717) is 18.6 Å². The molecule has 0 aliphatic heterocycles. The number of ketones is 1. The molecule has 1 atom stereocenters. The maximum Gasteiger partial charge on any atom is 0.407 e. The zero-order valence-electron chi connectivity index (χ0n) is 14.0. The number of alkyl carbamates (subject to hydrolysis) is 1. The van der Waals surface area contributed by atoms with Crippen LogP contribution in [-0.2, 0) is 9.47 Å². The summed E-state index contributed by atoms with van der Waals surface area (Å²) in [6.45, 7) is 5.84. The van der Waals surface area contributed by atoms with Crippen molar-refractivity contribution in [2.45, 2.75) is 45.3 Å². The minimum atomic E-state index is -0.578. The highest BCUT2D eigenvalue weighted by atomic mass is 79.9. The van der Waals surface area contributed by atoms with Gasteiger partial charge in [-0.15, -0.1) is 0 Å². The average molecular weight is 386 g/mol. The van der Waals surface area contributed by atoms with Gasteiger partial charge in [-0.05, 0) is 39.3 Å². The van der Waals surface area contributed by atoms with Crippen LogP contribution in [0.2, 0.25) is 0 Å². The first kappa shape index (κ1) is 19.6. The number of halogens is 1. The summed E-state index contributed by atoms with van der Waals surface area (Å²) in [4.78, 5) is 24.3. The number of methoxy groups -OCH3 is 1. The summed E-state index contributed by atoms with van der Waals surface area (Å²) in [5.74, 6) is -0.0327. The molecule has 1 aromatic carbocycles. The second kappa shape index (κ2) is 9.03. The number of benzene rings is 1. The number of hydrogen-bond donors (Lipinski definition) is 1. The van der Waals surface area contributed by atoms with Crippen LogP contribution in [0.5, 0.6) is 0 Å². The van der Waals surface area contributed by atoms with Crippen LogP contribution < -0.4 is 5.32 Å². The van der Waals surface area contributed by atoms with Crippen LogP contribution in [0.25, 0.3) is 0 Å². The van der Waals surface area contributed by atoms with Crippen LogP contribution in [0, 0.1) is 0 Å². The van der Waals surface area contributed by atoms with Crippen molar-refractivity contribution in [2.24, 2.45) is 0 Å². The molecule has 0 saturated carbocycles. The molecule has 0 bridgehead atoms. The molecule has 0 spiro atoms. The van der Waals surface area contributed by atoms with Gasteiger partial charge in [0.2, 0.25) is 0 Å². The van der Waals surface area contributed by atoms with E-state index in [0.717, 1.165) is 4.47 Å². The van der Waals surface area contributed by atoms with Crippen LogP contribution in [0.3, 0.4) is 0 Å². The number of carbonyl (C=O) groups excluding carboxylic acids is 2. The first-order chi connectivity index (χ1) is 10.7. The third-order valence-corrected chi connectivity index (χ3v) is 3.52. The van der Waals surface area contributed by atoms with E-state index >= 15 is 0 Å². The Labute approximate surface area is 145 Å². The van der Waals surface area contributed by atoms with Gasteiger partial charge in [-0.1, -0.05) is 28.1 Å². The molecule has 1 N–H and O–H groups in total. The third-order valence-electron chi connectivity index (χ3n) is 2.99. The summed E-state index contributed by atoms with van der Waals surface area (Å²) in [6, 6.07) is 6.82. The highest BCUT2D eigenvalue weighted by molar-refractivity contribution is 9.10. The van der Waals surface area contributed by atoms with Crippen molar-refractivity contribution < 1.29 is 19.1 Å². The maximum atomic E-state index is 12.3. The van der Waals surface area contributed by atoms with Crippen LogP contribution in [-0.4, -0.2) is 37.2 Å². The molecule has 1 amide bonds. The largest absolute Gasteiger partial charge is 0.444 e. The highest BCUT2D eigenvalue weighted by Gasteiger charge is 2.21. The Hall–Kier alpha value is -1.40. The minimum absolute atomic E-state index is 0.0327. The zero-order valence-corrected chi connectivity index (χ0v) is 15.6. The van der Waals surface area contributed by atoms with Gasteiger partial charge in [-0.25, -0.2) is 4.79 Å². The van der Waals surface area contributed by atoms with E-state index in [-0.39, 0.29) is 18.2 Å². The quantitative estimate of drug-likeness (QED) is 0.721. The number of rotatable bonds is 7. The fraction of sp³-hybridized carbons (Fsp3) is 0.529. The molecule has 0 saturated heterocycles. The van der Waals surface area contributed by atoms with Crippen molar-refractivity contribution in [1.29, 1.82) is 0 Å². The van der Waals surface area contributed by atoms with E-state index < -0.39 is 11.7 Å². The fourth-order valence-electron chi connectivity index (χ4n) is 1.94. The van der Waals surface area contributed by atoms with Gasteiger partial charge in [0.05, 0.1) is 0 Å². The number of nitrogens with one attached hydrogen (secondary N) is 1. The molecule has 6 heteroatoms. The molecule has 0 aliphatic rings. The van der Waals surface area contributed by atoms with Crippen molar-refractivity contribution in [2.75, 3.05) is 13.7 Å². The van der Waals surface area contributed by atoms with E-state index in [1.807, 2.05) is 12.1 Å². The Bertz CT molecular complexity index is 522. The number of Topliss-reactive ketones (excluding diaryl/α,β-unsaturated/α-hetero) is 1. The summed E-state index contributed by atoms with van der Waals surface area (Å²) in [5.41, 5.74) is 0.0348. The molecular weight excluding hydrogens is 362 g/mol. The molecule has 0 aromatic heterocycles. The standard InChI is InChI=1S/C17H24BrNO4/c1-17(2,3)23-16(21)19-14(9-10-22-4)11-15(20)12-5-7-13(18)8-6-12/h5-8,14H,9-11H2,1-4H3,(H,19,21). The lowest BCUT2D eigenvalue weighted by Crippen LogP contribution is -2.40. The van der Waals surface area contributed by atoms with E-state index in [1.165, 1.54) is 0 Å². The van der Waals surface area contributed by atoms with Crippen molar-refractivity contribution in [3.63, 3.8) is 0 Å². The van der Waals surface area contributed by atoms with Gasteiger partial charge in [0, 0.05) is 36.2 Å². The molecule has 128 valence electrons. The summed E-state index contributed by atoms with van der Waals surface area (Å²) < 4.78 is 11.2. The van der Waals surface area contributed by atoms with Crippen molar-refractivity contribution in [3.8, 4) is 0 Å². The van der Waals surface area contributed by atoms with E-state index in [1.54, 1.807) is 40.0 Å². The molecule has 23 heavy (non-hydrogen) atoms. The van der Waals surface area contributed by atoms with Crippen LogP contribution in [0.1, 0.15) is 44.0 Å². The van der Waals surface area contributed by atoms with Gasteiger partial charge in [-0.3, -0.25) is 4.79 Å². The summed E-state index contributed by atoms with van der Waals surface area (Å²) >= 11 is 3.34. The topological polar surface area (TPSA) is 64.6 Å². The fourth-order valence-corrected chi connectivity index (χ4v) is 2.20. The second-order valence-corrected chi connectivity index (χ2v) is 7.17. The number of carbonyl (C=O) groups is 2. The normalized spacial score (nSPS) is 12.6. The van der Waals surface area contributed by atoms with Crippen LogP contribution >= 0.6 is 15.9 Å². The highest BCUT2D eigenvalue weighted by Crippen LogP contribution is 2.14. The number of ether oxygens (including phenoxy) is 2. The Kier molecular flexibility index (Phi) is 7.72. The van der Waals surface area contributed by atoms with Crippen molar-refractivity contribution in [3.05, 3.63) is 34.3 Å². The van der Waals surface area contributed by atoms with Crippen LogP contribution in [0.15, 0.2) is 28.7 Å². The van der Waals surface area contributed by atoms with Gasteiger partial charge < -0.3 is 14.8 Å². The van der Waals surface area contributed by atoms with Gasteiger partial charge >= 0.3 is 6.09 Å². The first-order valence-electron chi connectivity index (χ1n) is 7.48. The second-order valence-electron chi connectivity index (χ2n) is 6.26. The smallest absolute Gasteiger partial charge is 0.407 e. The molecule has 5 nitrogen and oxygen atoms in total. The molecule has 0 aliphatic carbocycles. The number of amides is 1. The third kappa shape index (κ3) is 8.13. The SMILES string of the molecule is COCCC(CC(=O)c1ccc(Br)cc1)NC(=O)OC(C)(C)C. The maximum absolute atomic E-state index is 12.3. The molecule has 1 rings (SSSR count). The average Bonchev–Trinajstić information content (AvgIpc) is 2.43. The van der Waals surface area contributed by atoms with Gasteiger partial charge in [0.25, 0.3) is 0 Å². The Balaban J connectivity index is 2.68. The predicted octanol–water partition coefficient (Wildman–Crippen LogP) is 3.95. The van der Waals surface area contributed by atoms with Crippen LogP contribution in [0.4, 0.5) is 4.79 Å². The first-order valence-corrected chi connectivity index (χ1v) is 8.28. The predicted molar refractivity (Wildman–Crippen MR) is 92.7 cm³/mol. The minimum Gasteiger partial charge on any atom is -0.444 e. The van der Waals surface area contributed by atoms with Gasteiger partial charge in [0.15, 0.2) is 5.78 Å². The lowest BCUT2D eigenvalue weighted by atomic mass is 10.0. The Morgan fingerprint density at radius 3 is 2.35 bits per heavy atom. The Morgan fingerprint density at radius 1 is 1.22 bits per heavy atom. The van der Waals surface area contributed by atoms with Gasteiger partial charge in [-0.2, -0.15) is 0 Å². The van der Waals surface area contributed by atoms with Crippen molar-refractivity contribution >= 4 is 27.8 Å². The van der Waals surface area contributed by atoms with E-state index in [9.17, 15) is 9.59 Å². The lowest BCUT2D eigenvalue weighted by Gasteiger charge is -2.23. The monoisotopic (exact) mass is 385 g/mol. The number of hydrogen-bond acceptors (Lipinski definition) is 4. The Morgan fingerprint density at radius 2 is 1.83 bits per heavy atom. The molecule has 0 fully saturated rings. The zero-order chi connectivity index (χ0) is 17.5. The molecular formula is C17H24BrNO4.